The largest absolute Gasteiger partial charge is 0.463 e. The molecule has 26 heavy (non-hydrogen) atoms. The number of hydrogen-bond donors (Lipinski definition) is 2. The highest BCUT2D eigenvalue weighted by molar-refractivity contribution is 7.99. The molecule has 134 valence electrons. The summed E-state index contributed by atoms with van der Waals surface area (Å²) in [4.78, 5) is 29.1. The van der Waals surface area contributed by atoms with Gasteiger partial charge in [-0.25, -0.2) is 4.98 Å². The van der Waals surface area contributed by atoms with E-state index in [2.05, 4.69) is 20.5 Å². The molecule has 0 saturated carbocycles. The van der Waals surface area contributed by atoms with Gasteiger partial charge in [0.2, 0.25) is 11.1 Å². The summed E-state index contributed by atoms with van der Waals surface area (Å²) in [7, 11) is 0. The number of amides is 2. The van der Waals surface area contributed by atoms with Crippen molar-refractivity contribution in [1.82, 2.24) is 15.2 Å². The van der Waals surface area contributed by atoms with Crippen LogP contribution in [0.1, 0.15) is 20.8 Å². The molecular weight excluding hydrogens is 374 g/mol. The highest BCUT2D eigenvalue weighted by Gasteiger charge is 2.19. The smallest absolute Gasteiger partial charge is 0.251 e. The van der Waals surface area contributed by atoms with Gasteiger partial charge >= 0.3 is 0 Å². The summed E-state index contributed by atoms with van der Waals surface area (Å²) >= 11 is 2.46. The number of rotatable bonds is 6. The average Bonchev–Trinajstić information content (AvgIpc) is 3.22. The molecule has 0 aliphatic rings. The van der Waals surface area contributed by atoms with E-state index in [0.717, 1.165) is 22.2 Å². The van der Waals surface area contributed by atoms with Crippen molar-refractivity contribution in [2.45, 2.75) is 19.0 Å². The van der Waals surface area contributed by atoms with Crippen LogP contribution in [0.5, 0.6) is 0 Å². The lowest BCUT2D eigenvalue weighted by molar-refractivity contribution is -0.113. The minimum atomic E-state index is -0.562. The van der Waals surface area contributed by atoms with Crippen molar-refractivity contribution in [3.63, 3.8) is 0 Å². The Morgan fingerprint density at radius 3 is 2.88 bits per heavy atom. The zero-order valence-electron chi connectivity index (χ0n) is 14.0. The number of thiophene rings is 1. The lowest BCUT2D eigenvalue weighted by Crippen LogP contribution is -2.18. The number of hydrogen-bond acceptors (Lipinski definition) is 8. The van der Waals surface area contributed by atoms with Crippen LogP contribution >= 0.6 is 23.1 Å². The van der Waals surface area contributed by atoms with Crippen LogP contribution in [0, 0.1) is 13.8 Å². The molecule has 3 rings (SSSR count). The van der Waals surface area contributed by atoms with Crippen molar-refractivity contribution in [1.29, 1.82) is 0 Å². The summed E-state index contributed by atoms with van der Waals surface area (Å²) in [6.07, 6.45) is 3.03. The van der Waals surface area contributed by atoms with E-state index in [-0.39, 0.29) is 11.7 Å². The highest BCUT2D eigenvalue weighted by atomic mass is 32.2. The quantitative estimate of drug-likeness (QED) is 0.621. The molecule has 0 radical (unpaired) electrons. The molecule has 0 aliphatic carbocycles. The summed E-state index contributed by atoms with van der Waals surface area (Å²) in [5, 5.41) is 11.3. The molecule has 2 amide bonds. The molecule has 0 aliphatic heterocycles. The van der Waals surface area contributed by atoms with Crippen molar-refractivity contribution in [3.05, 3.63) is 40.6 Å². The number of furan rings is 1. The number of primary amides is 1. The van der Waals surface area contributed by atoms with Gasteiger partial charge in [0.05, 0.1) is 23.8 Å². The van der Waals surface area contributed by atoms with Crippen LogP contribution in [-0.2, 0) is 4.79 Å². The van der Waals surface area contributed by atoms with Gasteiger partial charge in [0.25, 0.3) is 5.91 Å². The number of aryl methyl sites for hydroxylation is 1. The molecule has 8 nitrogen and oxygen atoms in total. The number of thioether (sulfide) groups is 1. The van der Waals surface area contributed by atoms with E-state index in [1.165, 1.54) is 17.5 Å². The standard InChI is InChI=1S/C16H15N5O3S2/c1-8-9(2)26-15(13(8)14(17)23)20-12(22)7-25-16-19-10(6-18-21-16)11-4-3-5-24-11/h3-6H,7H2,1-2H3,(H2,17,23)(H,20,22). The molecule has 3 N–H and O–H groups in total. The Bertz CT molecular complexity index is 953. The number of carbonyl (C=O) groups is 2. The van der Waals surface area contributed by atoms with Gasteiger partial charge in [-0.1, -0.05) is 11.8 Å². The Hall–Kier alpha value is -2.72. The maximum Gasteiger partial charge on any atom is 0.251 e. The molecule has 0 saturated heterocycles. The predicted molar refractivity (Wildman–Crippen MR) is 99.2 cm³/mol. The second-order valence-corrected chi connectivity index (χ2v) is 7.46. The Labute approximate surface area is 157 Å². The summed E-state index contributed by atoms with van der Waals surface area (Å²) in [5.41, 5.74) is 7.07. The predicted octanol–water partition coefficient (Wildman–Crippen LogP) is 2.64. The van der Waals surface area contributed by atoms with Crippen molar-refractivity contribution < 1.29 is 14.0 Å². The normalized spacial score (nSPS) is 10.7. The lowest BCUT2D eigenvalue weighted by atomic mass is 10.1. The Morgan fingerprint density at radius 1 is 1.38 bits per heavy atom. The Morgan fingerprint density at radius 2 is 2.19 bits per heavy atom. The third-order valence-electron chi connectivity index (χ3n) is 3.53. The van der Waals surface area contributed by atoms with E-state index in [1.807, 2.05) is 6.92 Å². The first-order chi connectivity index (χ1) is 12.5. The van der Waals surface area contributed by atoms with Crippen molar-refractivity contribution >= 4 is 39.9 Å². The van der Waals surface area contributed by atoms with Crippen LogP contribution in [-0.4, -0.2) is 32.7 Å². The van der Waals surface area contributed by atoms with Gasteiger partial charge in [-0.15, -0.1) is 16.4 Å². The molecule has 10 heteroatoms. The van der Waals surface area contributed by atoms with E-state index in [9.17, 15) is 9.59 Å². The van der Waals surface area contributed by atoms with Crippen LogP contribution < -0.4 is 11.1 Å². The van der Waals surface area contributed by atoms with E-state index in [0.29, 0.717) is 27.2 Å². The summed E-state index contributed by atoms with van der Waals surface area (Å²) in [5.74, 6) is -0.210. The zero-order chi connectivity index (χ0) is 18.7. The SMILES string of the molecule is Cc1sc(NC(=O)CSc2nncc(-c3ccco3)n2)c(C(N)=O)c1C. The van der Waals surface area contributed by atoms with Gasteiger partial charge in [0.15, 0.2) is 5.76 Å². The fourth-order valence-corrected chi connectivity index (χ4v) is 3.88. The second-order valence-electron chi connectivity index (χ2n) is 5.29. The molecule has 0 atom stereocenters. The van der Waals surface area contributed by atoms with Crippen molar-refractivity contribution in [2.75, 3.05) is 11.1 Å². The fourth-order valence-electron chi connectivity index (χ4n) is 2.20. The van der Waals surface area contributed by atoms with Crippen LogP contribution in [0.4, 0.5) is 5.00 Å². The van der Waals surface area contributed by atoms with Crippen molar-refractivity contribution in [2.24, 2.45) is 5.73 Å². The minimum Gasteiger partial charge on any atom is -0.463 e. The number of nitrogens with zero attached hydrogens (tertiary/aromatic N) is 3. The first kappa shape index (κ1) is 18.1. The molecule has 0 fully saturated rings. The molecule has 3 heterocycles. The topological polar surface area (TPSA) is 124 Å². The van der Waals surface area contributed by atoms with E-state index in [4.69, 9.17) is 10.2 Å². The van der Waals surface area contributed by atoms with Crippen LogP contribution in [0.25, 0.3) is 11.5 Å². The van der Waals surface area contributed by atoms with Gasteiger partial charge in [-0.3, -0.25) is 9.59 Å². The van der Waals surface area contributed by atoms with E-state index < -0.39 is 5.91 Å². The monoisotopic (exact) mass is 389 g/mol. The average molecular weight is 389 g/mol. The number of nitrogens with one attached hydrogen (secondary N) is 1. The first-order valence-electron chi connectivity index (χ1n) is 7.51. The lowest BCUT2D eigenvalue weighted by Gasteiger charge is -2.05. The Balaban J connectivity index is 1.66. The molecule has 3 aromatic heterocycles. The van der Waals surface area contributed by atoms with Crippen LogP contribution in [0.15, 0.2) is 34.2 Å². The minimum absolute atomic E-state index is 0.0669. The molecule has 3 aromatic rings. The third kappa shape index (κ3) is 3.92. The molecular formula is C16H15N5O3S2. The number of carbonyl (C=O) groups excluding carboxylic acids is 2. The fraction of sp³-hybridized carbons (Fsp3) is 0.188. The summed E-state index contributed by atoms with van der Waals surface area (Å²) in [6.45, 7) is 3.67. The Kier molecular flexibility index (Phi) is 5.33. The van der Waals surface area contributed by atoms with E-state index in [1.54, 1.807) is 25.3 Å². The molecule has 0 spiro atoms. The van der Waals surface area contributed by atoms with Gasteiger partial charge in [-0.2, -0.15) is 5.10 Å². The number of aromatic nitrogens is 3. The third-order valence-corrected chi connectivity index (χ3v) is 5.49. The van der Waals surface area contributed by atoms with Gasteiger partial charge in [0.1, 0.15) is 10.7 Å². The van der Waals surface area contributed by atoms with Gasteiger partial charge < -0.3 is 15.5 Å². The number of anilines is 1. The van der Waals surface area contributed by atoms with E-state index >= 15 is 0 Å². The molecule has 0 aromatic carbocycles. The second kappa shape index (κ2) is 7.67. The summed E-state index contributed by atoms with van der Waals surface area (Å²) < 4.78 is 5.27. The van der Waals surface area contributed by atoms with Gasteiger partial charge in [0, 0.05) is 4.88 Å². The summed E-state index contributed by atoms with van der Waals surface area (Å²) in [6, 6.07) is 3.51. The van der Waals surface area contributed by atoms with Crippen LogP contribution in [0.2, 0.25) is 0 Å². The first-order valence-corrected chi connectivity index (χ1v) is 9.32. The maximum atomic E-state index is 12.2. The highest BCUT2D eigenvalue weighted by Crippen LogP contribution is 2.32. The molecule has 0 bridgehead atoms. The zero-order valence-corrected chi connectivity index (χ0v) is 15.6. The maximum absolute atomic E-state index is 12.2. The number of nitrogens with two attached hydrogens (primary N) is 1. The molecule has 0 unspecified atom stereocenters. The van der Waals surface area contributed by atoms with Gasteiger partial charge in [-0.05, 0) is 31.5 Å². The van der Waals surface area contributed by atoms with Crippen molar-refractivity contribution in [3.8, 4) is 11.5 Å². The van der Waals surface area contributed by atoms with Crippen LogP contribution in [0.3, 0.4) is 0 Å².